The van der Waals surface area contributed by atoms with Gasteiger partial charge in [-0.05, 0) is 31.9 Å². The summed E-state index contributed by atoms with van der Waals surface area (Å²) in [5.41, 5.74) is 2.24. The molecule has 0 aromatic carbocycles. The van der Waals surface area contributed by atoms with Gasteiger partial charge in [0.2, 0.25) is 0 Å². The van der Waals surface area contributed by atoms with Crippen molar-refractivity contribution in [3.8, 4) is 0 Å². The molecule has 1 aliphatic carbocycles. The van der Waals surface area contributed by atoms with E-state index in [1.54, 1.807) is 6.92 Å². The minimum Gasteiger partial charge on any atom is -0.485 e. The van der Waals surface area contributed by atoms with Crippen LogP contribution in [0.1, 0.15) is 26.7 Å². The number of allylic oxidation sites excluding steroid dienone is 1. The lowest BCUT2D eigenvalue weighted by molar-refractivity contribution is -0.144. The zero-order valence-corrected chi connectivity index (χ0v) is 11.1. The smallest absolute Gasteiger partial charge is 0.333 e. The molecule has 3 atom stereocenters. The highest BCUT2D eigenvalue weighted by Crippen LogP contribution is 2.50. The number of fused-ring (bicyclic) bond motifs is 1. The Bertz CT molecular complexity index is 552. The summed E-state index contributed by atoms with van der Waals surface area (Å²) in [5, 5.41) is 0. The molecule has 2 heterocycles. The zero-order valence-electron chi connectivity index (χ0n) is 11.1. The second-order valence-electron chi connectivity index (χ2n) is 5.46. The van der Waals surface area contributed by atoms with Gasteiger partial charge in [0.25, 0.3) is 0 Å². The molecular formula is C15H16O4. The molecule has 0 saturated heterocycles. The van der Waals surface area contributed by atoms with Crippen LogP contribution in [0.25, 0.3) is 0 Å². The molecule has 0 aromatic rings. The second-order valence-corrected chi connectivity index (χ2v) is 5.46. The molecule has 4 nitrogen and oxygen atoms in total. The van der Waals surface area contributed by atoms with E-state index in [-0.39, 0.29) is 29.9 Å². The molecule has 0 amide bonds. The normalized spacial score (nSPS) is 28.3. The van der Waals surface area contributed by atoms with Crippen LogP contribution >= 0.6 is 0 Å². The number of ether oxygens (including phenoxy) is 2. The van der Waals surface area contributed by atoms with E-state index in [0.717, 1.165) is 16.9 Å². The van der Waals surface area contributed by atoms with E-state index in [1.165, 1.54) is 0 Å². The third-order valence-electron chi connectivity index (χ3n) is 3.86. The van der Waals surface area contributed by atoms with Crippen LogP contribution in [-0.2, 0) is 19.1 Å². The fraction of sp³-hybridized carbons (Fsp3) is 0.467. The average molecular weight is 260 g/mol. The van der Waals surface area contributed by atoms with Crippen molar-refractivity contribution in [1.29, 1.82) is 0 Å². The van der Waals surface area contributed by atoms with Crippen molar-refractivity contribution in [3.05, 3.63) is 35.1 Å². The molecular weight excluding hydrogens is 244 g/mol. The molecule has 0 radical (unpaired) electrons. The van der Waals surface area contributed by atoms with E-state index >= 15 is 0 Å². The Labute approximate surface area is 111 Å². The van der Waals surface area contributed by atoms with Gasteiger partial charge in [-0.1, -0.05) is 6.58 Å². The first-order valence-corrected chi connectivity index (χ1v) is 6.49. The summed E-state index contributed by atoms with van der Waals surface area (Å²) >= 11 is 0. The van der Waals surface area contributed by atoms with Crippen LogP contribution in [-0.4, -0.2) is 24.0 Å². The maximum atomic E-state index is 11.7. The summed E-state index contributed by atoms with van der Waals surface area (Å²) in [6, 6.07) is 0. The standard InChI is InChI=1S/C15H16O4/c1-7(2)15(17)18-8(3)4-9-10-5-12(16)11-6-13(9)19-14(10)11/h6,8-9,13H,1,4-5H2,2-3H3/t8?,9?,13-/m0/s1. The van der Waals surface area contributed by atoms with Crippen molar-refractivity contribution in [1.82, 2.24) is 0 Å². The number of hydrogen-bond acceptors (Lipinski definition) is 4. The molecule has 100 valence electrons. The summed E-state index contributed by atoms with van der Waals surface area (Å²) in [6.07, 6.45) is 2.80. The summed E-state index contributed by atoms with van der Waals surface area (Å²) < 4.78 is 11.0. The molecule has 2 unspecified atom stereocenters. The number of Topliss-reactive ketones (excluding diaryl/α,β-unsaturated/α-hetero) is 1. The minimum absolute atomic E-state index is 0.0440. The highest BCUT2D eigenvalue weighted by molar-refractivity contribution is 6.05. The van der Waals surface area contributed by atoms with Gasteiger partial charge in [-0.3, -0.25) is 4.79 Å². The largest absolute Gasteiger partial charge is 0.485 e. The fourth-order valence-electron chi connectivity index (χ4n) is 2.95. The number of rotatable bonds is 4. The Morgan fingerprint density at radius 1 is 1.63 bits per heavy atom. The molecule has 0 fully saturated rings. The summed E-state index contributed by atoms with van der Waals surface area (Å²) in [4.78, 5) is 23.2. The van der Waals surface area contributed by atoms with Gasteiger partial charge in [-0.2, -0.15) is 0 Å². The van der Waals surface area contributed by atoms with Crippen LogP contribution in [0.5, 0.6) is 0 Å². The third kappa shape index (κ3) is 1.82. The molecule has 3 rings (SSSR count). The van der Waals surface area contributed by atoms with E-state index in [1.807, 2.05) is 13.0 Å². The van der Waals surface area contributed by atoms with Crippen molar-refractivity contribution in [2.75, 3.05) is 0 Å². The highest BCUT2D eigenvalue weighted by atomic mass is 16.5. The van der Waals surface area contributed by atoms with Gasteiger partial charge in [0, 0.05) is 17.9 Å². The predicted molar refractivity (Wildman–Crippen MR) is 68.1 cm³/mol. The van der Waals surface area contributed by atoms with E-state index in [2.05, 4.69) is 6.58 Å². The number of esters is 1. The van der Waals surface area contributed by atoms with Gasteiger partial charge in [-0.15, -0.1) is 0 Å². The topological polar surface area (TPSA) is 52.6 Å². The first kappa shape index (κ1) is 12.2. The quantitative estimate of drug-likeness (QED) is 0.573. The van der Waals surface area contributed by atoms with Gasteiger partial charge < -0.3 is 9.47 Å². The highest BCUT2D eigenvalue weighted by Gasteiger charge is 2.49. The van der Waals surface area contributed by atoms with Crippen molar-refractivity contribution in [2.45, 2.75) is 38.9 Å². The van der Waals surface area contributed by atoms with Gasteiger partial charge in [0.1, 0.15) is 18.0 Å². The SMILES string of the molecule is C=C(C)C(=O)OC(C)CC1C2=C3O[C@H]1C=C3C(=O)C2. The molecule has 4 heteroatoms. The first-order valence-electron chi connectivity index (χ1n) is 6.49. The van der Waals surface area contributed by atoms with Gasteiger partial charge in [0.05, 0.1) is 5.57 Å². The van der Waals surface area contributed by atoms with E-state index in [9.17, 15) is 9.59 Å². The third-order valence-corrected chi connectivity index (χ3v) is 3.86. The summed E-state index contributed by atoms with van der Waals surface area (Å²) in [6.45, 7) is 7.05. The number of carbonyl (C=O) groups excluding carboxylic acids is 2. The lowest BCUT2D eigenvalue weighted by atomic mass is 9.88. The van der Waals surface area contributed by atoms with Crippen molar-refractivity contribution in [2.24, 2.45) is 5.92 Å². The Kier molecular flexibility index (Phi) is 2.62. The Hall–Kier alpha value is -1.84. The molecule has 0 aromatic heterocycles. The molecule has 19 heavy (non-hydrogen) atoms. The van der Waals surface area contributed by atoms with Crippen LogP contribution in [0.3, 0.4) is 0 Å². The van der Waals surface area contributed by atoms with Crippen molar-refractivity contribution < 1.29 is 19.1 Å². The van der Waals surface area contributed by atoms with E-state index < -0.39 is 0 Å². The number of carbonyl (C=O) groups is 2. The molecule has 2 aliphatic heterocycles. The fourth-order valence-corrected chi connectivity index (χ4v) is 2.95. The van der Waals surface area contributed by atoms with E-state index in [4.69, 9.17) is 9.47 Å². The second kappa shape index (κ2) is 4.08. The average Bonchev–Trinajstić information content (AvgIpc) is 2.93. The molecule has 0 N–H and O–H groups in total. The lowest BCUT2D eigenvalue weighted by Gasteiger charge is -2.21. The number of ketones is 1. The zero-order chi connectivity index (χ0) is 13.7. The Balaban J connectivity index is 1.66. The minimum atomic E-state index is -0.368. The van der Waals surface area contributed by atoms with Gasteiger partial charge in [-0.25, -0.2) is 4.79 Å². The lowest BCUT2D eigenvalue weighted by Crippen LogP contribution is -2.24. The number of hydrogen-bond donors (Lipinski definition) is 0. The van der Waals surface area contributed by atoms with Crippen LogP contribution in [0, 0.1) is 5.92 Å². The van der Waals surface area contributed by atoms with Crippen LogP contribution in [0.2, 0.25) is 0 Å². The van der Waals surface area contributed by atoms with Gasteiger partial charge >= 0.3 is 5.97 Å². The molecule has 2 bridgehead atoms. The predicted octanol–water partition coefficient (Wildman–Crippen LogP) is 2.07. The van der Waals surface area contributed by atoms with Crippen molar-refractivity contribution >= 4 is 11.8 Å². The summed E-state index contributed by atoms with van der Waals surface area (Å²) in [5.74, 6) is 0.742. The molecule has 0 saturated carbocycles. The maximum Gasteiger partial charge on any atom is 0.333 e. The Morgan fingerprint density at radius 2 is 2.37 bits per heavy atom. The molecule has 0 spiro atoms. The van der Waals surface area contributed by atoms with Crippen molar-refractivity contribution in [3.63, 3.8) is 0 Å². The Morgan fingerprint density at radius 3 is 3.05 bits per heavy atom. The monoisotopic (exact) mass is 260 g/mol. The van der Waals surface area contributed by atoms with E-state index in [0.29, 0.717) is 18.4 Å². The molecule has 3 aliphatic rings. The maximum absolute atomic E-state index is 11.7. The van der Waals surface area contributed by atoms with Crippen LogP contribution in [0.4, 0.5) is 0 Å². The van der Waals surface area contributed by atoms with Gasteiger partial charge in [0.15, 0.2) is 5.78 Å². The van der Waals surface area contributed by atoms with Crippen LogP contribution < -0.4 is 0 Å². The van der Waals surface area contributed by atoms with Crippen LogP contribution in [0.15, 0.2) is 35.1 Å². The summed E-state index contributed by atoms with van der Waals surface area (Å²) in [7, 11) is 0. The first-order chi connectivity index (χ1) is 8.97.